The molecule has 0 amide bonds. The maximum atomic E-state index is 3.45. The van der Waals surface area contributed by atoms with Gasteiger partial charge in [0.2, 0.25) is 0 Å². The van der Waals surface area contributed by atoms with Crippen LogP contribution in [0.3, 0.4) is 0 Å². The first kappa shape index (κ1) is 16.7. The average Bonchev–Trinajstić information content (AvgIpc) is 2.33. The second-order valence-corrected chi connectivity index (χ2v) is 5.20. The van der Waals surface area contributed by atoms with E-state index in [-0.39, 0.29) is 0 Å². The van der Waals surface area contributed by atoms with Gasteiger partial charge in [-0.15, -0.1) is 0 Å². The number of alkyl halides is 1. The van der Waals surface area contributed by atoms with Crippen molar-refractivity contribution < 1.29 is 0 Å². The van der Waals surface area contributed by atoms with Crippen LogP contribution in [-0.2, 0) is 0 Å². The van der Waals surface area contributed by atoms with Gasteiger partial charge in [0.15, 0.2) is 0 Å². The van der Waals surface area contributed by atoms with E-state index in [1.807, 2.05) is 0 Å². The lowest BCUT2D eigenvalue weighted by Gasteiger charge is -1.96. The van der Waals surface area contributed by atoms with Gasteiger partial charge in [-0.05, 0) is 39.5 Å². The minimum atomic E-state index is 0.983. The number of hydrogen-bond donors (Lipinski definition) is 0. The SMILES string of the molecule is CCCCC/C=C/C/C(C)=C/C/C=C(\C)CBr. The summed E-state index contributed by atoms with van der Waals surface area (Å²) in [4.78, 5) is 0. The molecule has 0 saturated heterocycles. The Bertz CT molecular complexity index is 259. The highest BCUT2D eigenvalue weighted by Gasteiger charge is 1.87. The van der Waals surface area contributed by atoms with Gasteiger partial charge < -0.3 is 0 Å². The van der Waals surface area contributed by atoms with Crippen LogP contribution in [0, 0.1) is 0 Å². The number of hydrogen-bond acceptors (Lipinski definition) is 0. The van der Waals surface area contributed by atoms with Crippen molar-refractivity contribution in [3.63, 3.8) is 0 Å². The van der Waals surface area contributed by atoms with Crippen LogP contribution in [-0.4, -0.2) is 5.33 Å². The molecular formula is C16H27Br. The van der Waals surface area contributed by atoms with Crippen LogP contribution in [0.15, 0.2) is 35.5 Å². The van der Waals surface area contributed by atoms with E-state index in [0.717, 1.165) is 18.2 Å². The lowest BCUT2D eigenvalue weighted by atomic mass is 10.1. The zero-order valence-electron chi connectivity index (χ0n) is 11.6. The largest absolute Gasteiger partial charge is 0.0882 e. The Kier molecular flexibility index (Phi) is 12.0. The molecule has 0 bridgehead atoms. The van der Waals surface area contributed by atoms with Crippen molar-refractivity contribution in [1.82, 2.24) is 0 Å². The molecule has 0 radical (unpaired) electrons. The summed E-state index contributed by atoms with van der Waals surface area (Å²) in [5.74, 6) is 0. The van der Waals surface area contributed by atoms with Crippen molar-refractivity contribution in [2.24, 2.45) is 0 Å². The molecular weight excluding hydrogens is 272 g/mol. The van der Waals surface area contributed by atoms with Gasteiger partial charge in [-0.2, -0.15) is 0 Å². The first-order valence-corrected chi connectivity index (χ1v) is 7.85. The van der Waals surface area contributed by atoms with Crippen molar-refractivity contribution in [2.45, 2.75) is 59.3 Å². The average molecular weight is 299 g/mol. The number of unbranched alkanes of at least 4 members (excludes halogenated alkanes) is 3. The maximum Gasteiger partial charge on any atom is 0.0239 e. The predicted molar refractivity (Wildman–Crippen MR) is 83.8 cm³/mol. The molecule has 0 fully saturated rings. The van der Waals surface area contributed by atoms with Crippen LogP contribution in [0.5, 0.6) is 0 Å². The first-order valence-electron chi connectivity index (χ1n) is 6.73. The Hall–Kier alpha value is -0.300. The van der Waals surface area contributed by atoms with Crippen molar-refractivity contribution >= 4 is 15.9 Å². The van der Waals surface area contributed by atoms with Gasteiger partial charge in [-0.3, -0.25) is 0 Å². The highest BCUT2D eigenvalue weighted by Crippen LogP contribution is 2.07. The van der Waals surface area contributed by atoms with E-state index in [9.17, 15) is 0 Å². The Morgan fingerprint density at radius 1 is 1.00 bits per heavy atom. The molecule has 0 rings (SSSR count). The van der Waals surface area contributed by atoms with Gasteiger partial charge in [0.05, 0.1) is 0 Å². The fraction of sp³-hybridized carbons (Fsp3) is 0.625. The predicted octanol–water partition coefficient (Wildman–Crippen LogP) is 6.19. The summed E-state index contributed by atoms with van der Waals surface area (Å²) in [5, 5.41) is 0.983. The molecule has 98 valence electrons. The Morgan fingerprint density at radius 2 is 1.71 bits per heavy atom. The summed E-state index contributed by atoms with van der Waals surface area (Å²) < 4.78 is 0. The molecule has 0 heterocycles. The summed E-state index contributed by atoms with van der Waals surface area (Å²) in [5.41, 5.74) is 2.87. The van der Waals surface area contributed by atoms with E-state index in [0.29, 0.717) is 0 Å². The summed E-state index contributed by atoms with van der Waals surface area (Å²) >= 11 is 3.45. The normalized spacial score (nSPS) is 13.6. The lowest BCUT2D eigenvalue weighted by Crippen LogP contribution is -1.77. The quantitative estimate of drug-likeness (QED) is 0.270. The minimum absolute atomic E-state index is 0.983. The highest BCUT2D eigenvalue weighted by atomic mass is 79.9. The third kappa shape index (κ3) is 12.0. The fourth-order valence-electron chi connectivity index (χ4n) is 1.50. The molecule has 0 aliphatic heterocycles. The first-order chi connectivity index (χ1) is 8.20. The second kappa shape index (κ2) is 12.2. The molecule has 0 aromatic rings. The van der Waals surface area contributed by atoms with Crippen LogP contribution < -0.4 is 0 Å². The van der Waals surface area contributed by atoms with Gasteiger partial charge in [0.1, 0.15) is 0 Å². The lowest BCUT2D eigenvalue weighted by molar-refractivity contribution is 0.728. The number of halogens is 1. The molecule has 0 aromatic heterocycles. The van der Waals surface area contributed by atoms with E-state index in [1.165, 1.54) is 36.8 Å². The van der Waals surface area contributed by atoms with Crippen molar-refractivity contribution in [3.8, 4) is 0 Å². The summed E-state index contributed by atoms with van der Waals surface area (Å²) in [6, 6.07) is 0. The zero-order valence-corrected chi connectivity index (χ0v) is 13.2. The van der Waals surface area contributed by atoms with Gasteiger partial charge >= 0.3 is 0 Å². The van der Waals surface area contributed by atoms with Gasteiger partial charge in [0.25, 0.3) is 0 Å². The summed E-state index contributed by atoms with van der Waals surface area (Å²) in [6.07, 6.45) is 16.6. The topological polar surface area (TPSA) is 0 Å². The third-order valence-electron chi connectivity index (χ3n) is 2.72. The van der Waals surface area contributed by atoms with E-state index in [2.05, 4.69) is 61.0 Å². The van der Waals surface area contributed by atoms with Crippen LogP contribution in [0.25, 0.3) is 0 Å². The van der Waals surface area contributed by atoms with Crippen molar-refractivity contribution in [3.05, 3.63) is 35.5 Å². The van der Waals surface area contributed by atoms with Gasteiger partial charge in [-0.1, -0.05) is 71.1 Å². The zero-order chi connectivity index (χ0) is 12.9. The van der Waals surface area contributed by atoms with Crippen LogP contribution >= 0.6 is 15.9 Å². The molecule has 0 aliphatic rings. The van der Waals surface area contributed by atoms with Crippen molar-refractivity contribution in [2.75, 3.05) is 5.33 Å². The van der Waals surface area contributed by atoms with E-state index >= 15 is 0 Å². The number of allylic oxidation sites excluding steroid dienone is 6. The molecule has 17 heavy (non-hydrogen) atoms. The second-order valence-electron chi connectivity index (χ2n) is 4.64. The third-order valence-corrected chi connectivity index (χ3v) is 3.61. The molecule has 0 spiro atoms. The van der Waals surface area contributed by atoms with E-state index < -0.39 is 0 Å². The minimum Gasteiger partial charge on any atom is -0.0882 e. The summed E-state index contributed by atoms with van der Waals surface area (Å²) in [6.45, 7) is 6.62. The standard InChI is InChI=1S/C16H27Br/c1-4-5-6-7-8-9-11-15(2)12-10-13-16(3)14-17/h8-9,12-13H,4-7,10-11,14H2,1-3H3/b9-8+,15-12+,16-13+. The molecule has 1 heteroatoms. The van der Waals surface area contributed by atoms with E-state index in [4.69, 9.17) is 0 Å². The molecule has 0 aromatic carbocycles. The Balaban J connectivity index is 3.70. The molecule has 0 atom stereocenters. The Morgan fingerprint density at radius 3 is 2.35 bits per heavy atom. The molecule has 0 nitrogen and oxygen atoms in total. The van der Waals surface area contributed by atoms with E-state index in [1.54, 1.807) is 0 Å². The highest BCUT2D eigenvalue weighted by molar-refractivity contribution is 9.09. The van der Waals surface area contributed by atoms with Gasteiger partial charge in [-0.25, -0.2) is 0 Å². The Labute approximate surface area is 116 Å². The fourth-order valence-corrected chi connectivity index (χ4v) is 1.73. The van der Waals surface area contributed by atoms with Crippen LogP contribution in [0.2, 0.25) is 0 Å². The smallest absolute Gasteiger partial charge is 0.0239 e. The summed E-state index contributed by atoms with van der Waals surface area (Å²) in [7, 11) is 0. The van der Waals surface area contributed by atoms with Crippen LogP contribution in [0.4, 0.5) is 0 Å². The molecule has 0 aliphatic carbocycles. The molecule has 0 unspecified atom stereocenters. The van der Waals surface area contributed by atoms with Crippen LogP contribution in [0.1, 0.15) is 59.3 Å². The monoisotopic (exact) mass is 298 g/mol. The maximum absolute atomic E-state index is 3.45. The van der Waals surface area contributed by atoms with Crippen molar-refractivity contribution in [1.29, 1.82) is 0 Å². The molecule has 0 saturated carbocycles. The number of rotatable bonds is 9. The molecule has 0 N–H and O–H groups in total. The van der Waals surface area contributed by atoms with Gasteiger partial charge in [0, 0.05) is 5.33 Å².